The largest absolute Gasteiger partial charge is 0.493 e. The Balaban J connectivity index is 1.61. The topological polar surface area (TPSA) is 105 Å². The second-order valence-corrected chi connectivity index (χ2v) is 6.71. The first-order chi connectivity index (χ1) is 13.6. The average molecular weight is 400 g/mol. The number of nitrogens with zero attached hydrogens (tertiary/aromatic N) is 1. The molecule has 0 saturated heterocycles. The number of aromatic amines is 1. The quantitative estimate of drug-likeness (QED) is 0.529. The fourth-order valence-electron chi connectivity index (χ4n) is 2.39. The van der Waals surface area contributed by atoms with Crippen molar-refractivity contribution in [2.45, 2.75) is 13.3 Å². The minimum Gasteiger partial charge on any atom is -0.493 e. The van der Waals surface area contributed by atoms with Crippen molar-refractivity contribution in [3.8, 4) is 22.1 Å². The molecule has 0 aliphatic rings. The summed E-state index contributed by atoms with van der Waals surface area (Å²) in [7, 11) is 1.50. The standard InChI is InChI=1S/C19H20N4O4S/c1-3-8-27-15-7-6-12(10-16(15)26-2)18(24)22-23-19(25)14-11-13(20-21-14)17-5-4-9-28-17/h4-7,9-11H,3,8H2,1-2H3,(H,20,21)(H,22,24)(H,23,25). The van der Waals surface area contributed by atoms with Gasteiger partial charge in [-0.15, -0.1) is 11.3 Å². The van der Waals surface area contributed by atoms with E-state index in [9.17, 15) is 9.59 Å². The maximum Gasteiger partial charge on any atom is 0.290 e. The monoisotopic (exact) mass is 400 g/mol. The van der Waals surface area contributed by atoms with Crippen LogP contribution in [0.2, 0.25) is 0 Å². The highest BCUT2D eigenvalue weighted by molar-refractivity contribution is 7.13. The van der Waals surface area contributed by atoms with Crippen molar-refractivity contribution in [3.05, 3.63) is 53.0 Å². The summed E-state index contributed by atoms with van der Waals surface area (Å²) >= 11 is 1.53. The number of thiophene rings is 1. The van der Waals surface area contributed by atoms with E-state index in [4.69, 9.17) is 9.47 Å². The Hall–Kier alpha value is -3.33. The molecule has 0 unspecified atom stereocenters. The van der Waals surface area contributed by atoms with Gasteiger partial charge in [0, 0.05) is 5.56 Å². The summed E-state index contributed by atoms with van der Waals surface area (Å²) in [5.41, 5.74) is 5.95. The van der Waals surface area contributed by atoms with Crippen LogP contribution in [-0.2, 0) is 0 Å². The lowest BCUT2D eigenvalue weighted by atomic mass is 10.2. The number of rotatable bonds is 7. The number of carbonyl (C=O) groups is 2. The molecule has 3 aromatic rings. The van der Waals surface area contributed by atoms with E-state index in [-0.39, 0.29) is 5.69 Å². The fourth-order valence-corrected chi connectivity index (χ4v) is 3.08. The number of hydrogen-bond acceptors (Lipinski definition) is 6. The number of ether oxygens (including phenoxy) is 2. The Morgan fingerprint density at radius 2 is 1.96 bits per heavy atom. The molecule has 0 saturated carbocycles. The number of H-pyrrole nitrogens is 1. The summed E-state index contributed by atoms with van der Waals surface area (Å²) in [6, 6.07) is 10.3. The van der Waals surface area contributed by atoms with Gasteiger partial charge in [-0.25, -0.2) is 0 Å². The molecule has 0 atom stereocenters. The number of methoxy groups -OCH3 is 1. The zero-order chi connectivity index (χ0) is 19.9. The predicted octanol–water partition coefficient (Wildman–Crippen LogP) is 3.01. The molecule has 0 radical (unpaired) electrons. The summed E-state index contributed by atoms with van der Waals surface area (Å²) in [6.07, 6.45) is 0.860. The van der Waals surface area contributed by atoms with Crippen LogP contribution in [0.5, 0.6) is 11.5 Å². The van der Waals surface area contributed by atoms with Crippen LogP contribution in [0.15, 0.2) is 41.8 Å². The molecule has 9 heteroatoms. The van der Waals surface area contributed by atoms with E-state index in [0.717, 1.165) is 17.0 Å². The molecular formula is C19H20N4O4S. The fraction of sp³-hybridized carbons (Fsp3) is 0.211. The van der Waals surface area contributed by atoms with Gasteiger partial charge in [0.15, 0.2) is 17.2 Å². The van der Waals surface area contributed by atoms with Crippen molar-refractivity contribution in [3.63, 3.8) is 0 Å². The van der Waals surface area contributed by atoms with Gasteiger partial charge in [-0.05, 0) is 42.1 Å². The van der Waals surface area contributed by atoms with E-state index in [1.165, 1.54) is 18.4 Å². The number of aromatic nitrogens is 2. The van der Waals surface area contributed by atoms with Crippen molar-refractivity contribution in [1.29, 1.82) is 0 Å². The van der Waals surface area contributed by atoms with E-state index >= 15 is 0 Å². The summed E-state index contributed by atoms with van der Waals surface area (Å²) in [4.78, 5) is 25.5. The smallest absolute Gasteiger partial charge is 0.290 e. The van der Waals surface area contributed by atoms with Crippen molar-refractivity contribution >= 4 is 23.2 Å². The van der Waals surface area contributed by atoms with Gasteiger partial charge in [-0.2, -0.15) is 5.10 Å². The molecule has 146 valence electrons. The molecule has 0 aliphatic heterocycles. The van der Waals surface area contributed by atoms with Crippen LogP contribution < -0.4 is 20.3 Å². The third-order valence-electron chi connectivity index (χ3n) is 3.77. The van der Waals surface area contributed by atoms with E-state index in [0.29, 0.717) is 23.7 Å². The molecule has 3 rings (SSSR count). The molecule has 2 heterocycles. The first kappa shape index (κ1) is 19.4. The molecule has 0 fully saturated rings. The second kappa shape index (κ2) is 9.05. The maximum atomic E-state index is 12.3. The lowest BCUT2D eigenvalue weighted by Gasteiger charge is -2.12. The Bertz CT molecular complexity index is 953. The van der Waals surface area contributed by atoms with Gasteiger partial charge >= 0.3 is 0 Å². The highest BCUT2D eigenvalue weighted by Crippen LogP contribution is 2.28. The molecule has 0 spiro atoms. The van der Waals surface area contributed by atoms with Crippen molar-refractivity contribution in [2.24, 2.45) is 0 Å². The van der Waals surface area contributed by atoms with Crippen LogP contribution in [0.3, 0.4) is 0 Å². The molecule has 28 heavy (non-hydrogen) atoms. The highest BCUT2D eigenvalue weighted by Gasteiger charge is 2.15. The lowest BCUT2D eigenvalue weighted by Crippen LogP contribution is -2.41. The molecule has 0 bridgehead atoms. The summed E-state index contributed by atoms with van der Waals surface area (Å²) < 4.78 is 10.8. The SMILES string of the molecule is CCCOc1ccc(C(=O)NNC(=O)c2cc(-c3cccs3)[nH]n2)cc1OC. The number of amides is 2. The van der Waals surface area contributed by atoms with E-state index < -0.39 is 11.8 Å². The van der Waals surface area contributed by atoms with Crippen molar-refractivity contribution in [1.82, 2.24) is 21.0 Å². The van der Waals surface area contributed by atoms with Crippen LogP contribution in [-0.4, -0.2) is 35.7 Å². The summed E-state index contributed by atoms with van der Waals surface area (Å²) in [5.74, 6) is -0.00661. The Morgan fingerprint density at radius 1 is 1.14 bits per heavy atom. The highest BCUT2D eigenvalue weighted by atomic mass is 32.1. The number of hydrogen-bond donors (Lipinski definition) is 3. The van der Waals surface area contributed by atoms with Crippen molar-refractivity contribution in [2.75, 3.05) is 13.7 Å². The van der Waals surface area contributed by atoms with E-state index in [2.05, 4.69) is 21.0 Å². The molecule has 8 nitrogen and oxygen atoms in total. The molecule has 3 N–H and O–H groups in total. The van der Waals surface area contributed by atoms with Crippen LogP contribution >= 0.6 is 11.3 Å². The van der Waals surface area contributed by atoms with Crippen LogP contribution in [0, 0.1) is 0 Å². The average Bonchev–Trinajstić information content (AvgIpc) is 3.41. The molecule has 2 aromatic heterocycles. The lowest BCUT2D eigenvalue weighted by molar-refractivity contribution is 0.0843. The van der Waals surface area contributed by atoms with Crippen LogP contribution in [0.1, 0.15) is 34.2 Å². The maximum absolute atomic E-state index is 12.3. The first-order valence-electron chi connectivity index (χ1n) is 8.63. The third kappa shape index (κ3) is 4.49. The molecule has 2 amide bonds. The van der Waals surface area contributed by atoms with Gasteiger partial charge in [0.25, 0.3) is 11.8 Å². The summed E-state index contributed by atoms with van der Waals surface area (Å²) in [5, 5.41) is 8.71. The normalized spacial score (nSPS) is 10.4. The Morgan fingerprint density at radius 3 is 2.68 bits per heavy atom. The van der Waals surface area contributed by atoms with Crippen LogP contribution in [0.25, 0.3) is 10.6 Å². The number of benzene rings is 1. The zero-order valence-corrected chi connectivity index (χ0v) is 16.3. The van der Waals surface area contributed by atoms with Gasteiger partial charge in [0.1, 0.15) is 0 Å². The number of carbonyl (C=O) groups excluding carboxylic acids is 2. The second-order valence-electron chi connectivity index (χ2n) is 5.77. The number of nitrogens with one attached hydrogen (secondary N) is 3. The minimum absolute atomic E-state index is 0.171. The summed E-state index contributed by atoms with van der Waals surface area (Å²) in [6.45, 7) is 2.55. The van der Waals surface area contributed by atoms with E-state index in [1.807, 2.05) is 24.4 Å². The Kier molecular flexibility index (Phi) is 6.28. The first-order valence-corrected chi connectivity index (χ1v) is 9.51. The van der Waals surface area contributed by atoms with Gasteiger partial charge in [0.05, 0.1) is 24.3 Å². The van der Waals surface area contributed by atoms with Crippen molar-refractivity contribution < 1.29 is 19.1 Å². The minimum atomic E-state index is -0.526. The van der Waals surface area contributed by atoms with Gasteiger partial charge in [-0.1, -0.05) is 13.0 Å². The molecule has 0 aliphatic carbocycles. The third-order valence-corrected chi connectivity index (χ3v) is 4.68. The molecular weight excluding hydrogens is 380 g/mol. The van der Waals surface area contributed by atoms with Gasteiger partial charge in [-0.3, -0.25) is 25.5 Å². The van der Waals surface area contributed by atoms with Gasteiger partial charge in [0.2, 0.25) is 0 Å². The van der Waals surface area contributed by atoms with Crippen LogP contribution in [0.4, 0.5) is 0 Å². The van der Waals surface area contributed by atoms with Gasteiger partial charge < -0.3 is 9.47 Å². The zero-order valence-electron chi connectivity index (χ0n) is 15.4. The Labute approximate surface area is 165 Å². The number of hydrazine groups is 1. The predicted molar refractivity (Wildman–Crippen MR) is 106 cm³/mol. The van der Waals surface area contributed by atoms with E-state index in [1.54, 1.807) is 24.3 Å². The molecule has 1 aromatic carbocycles.